The molecule has 34 heavy (non-hydrogen) atoms. The van der Waals surface area contributed by atoms with Crippen molar-refractivity contribution in [3.8, 4) is 0 Å². The van der Waals surface area contributed by atoms with E-state index in [-0.39, 0.29) is 24.0 Å². The Morgan fingerprint density at radius 2 is 1.97 bits per heavy atom. The molecule has 0 aromatic carbocycles. The van der Waals surface area contributed by atoms with Crippen molar-refractivity contribution < 1.29 is 17.7 Å². The Balaban J connectivity index is 1.09. The standard InChI is InChI=1S/C25H32N4O4S/c1-15(2)3-6-17-7-8-21(14-26-17)34(31,32)25-12-19-9-18(10-20(13-25)29(19)25)27-24(30)22-11-23(33-28-22)16-4-5-16/h7-8,11,14-16,18-20H,3-6,9-10,12-13H2,1-2H3,(H,27,30). The van der Waals surface area contributed by atoms with Crippen LogP contribution in [0.2, 0.25) is 0 Å². The number of sulfone groups is 1. The van der Waals surface area contributed by atoms with Gasteiger partial charge in [-0.1, -0.05) is 19.0 Å². The summed E-state index contributed by atoms with van der Waals surface area (Å²) in [6.07, 6.45) is 8.40. The highest BCUT2D eigenvalue weighted by Crippen LogP contribution is 2.60. The van der Waals surface area contributed by atoms with E-state index in [1.54, 1.807) is 18.3 Å². The first-order valence-electron chi connectivity index (χ1n) is 12.5. The van der Waals surface area contributed by atoms with Crippen LogP contribution in [0.1, 0.15) is 86.7 Å². The molecule has 182 valence electrons. The number of nitrogens with zero attached hydrogens (tertiary/aromatic N) is 3. The molecule has 2 atom stereocenters. The first kappa shape index (κ1) is 22.2. The summed E-state index contributed by atoms with van der Waals surface area (Å²) >= 11 is 0. The van der Waals surface area contributed by atoms with Crippen molar-refractivity contribution in [2.45, 2.75) is 99.0 Å². The molecule has 6 rings (SSSR count). The molecule has 1 amide bonds. The molecule has 0 spiro atoms. The number of hydrogen-bond acceptors (Lipinski definition) is 7. The Morgan fingerprint density at radius 1 is 1.24 bits per heavy atom. The lowest BCUT2D eigenvalue weighted by Gasteiger charge is -2.72. The van der Waals surface area contributed by atoms with Gasteiger partial charge in [0, 0.05) is 42.0 Å². The van der Waals surface area contributed by atoms with Crippen molar-refractivity contribution in [2.75, 3.05) is 0 Å². The predicted octanol–water partition coefficient (Wildman–Crippen LogP) is 3.44. The van der Waals surface area contributed by atoms with Crippen LogP contribution in [0.25, 0.3) is 0 Å². The fourth-order valence-corrected chi connectivity index (χ4v) is 8.46. The zero-order valence-electron chi connectivity index (χ0n) is 19.7. The third-order valence-electron chi connectivity index (χ3n) is 8.14. The van der Waals surface area contributed by atoms with Gasteiger partial charge in [-0.05, 0) is 69.4 Å². The zero-order valence-corrected chi connectivity index (χ0v) is 20.6. The van der Waals surface area contributed by atoms with Crippen molar-refractivity contribution in [3.05, 3.63) is 41.5 Å². The van der Waals surface area contributed by atoms with Gasteiger partial charge in [0.25, 0.3) is 5.91 Å². The lowest BCUT2D eigenvalue weighted by atomic mass is 9.67. The lowest BCUT2D eigenvalue weighted by Crippen LogP contribution is -2.84. The number of aryl methyl sites for hydroxylation is 1. The van der Waals surface area contributed by atoms with E-state index in [0.29, 0.717) is 35.3 Å². The van der Waals surface area contributed by atoms with Gasteiger partial charge in [-0.25, -0.2) is 8.42 Å². The van der Waals surface area contributed by atoms with Crippen LogP contribution in [-0.2, 0) is 16.3 Å². The molecule has 0 bridgehead atoms. The average molecular weight is 485 g/mol. The number of carbonyl (C=O) groups is 1. The van der Waals surface area contributed by atoms with Crippen molar-refractivity contribution >= 4 is 15.7 Å². The van der Waals surface area contributed by atoms with E-state index in [1.165, 1.54) is 0 Å². The fourth-order valence-electron chi connectivity index (χ4n) is 6.18. The highest BCUT2D eigenvalue weighted by molar-refractivity contribution is 7.93. The van der Waals surface area contributed by atoms with Crippen molar-refractivity contribution in [1.29, 1.82) is 0 Å². The number of rotatable bonds is 8. The first-order valence-corrected chi connectivity index (χ1v) is 14.0. The van der Waals surface area contributed by atoms with Gasteiger partial charge in [-0.15, -0.1) is 0 Å². The second kappa shape index (κ2) is 7.88. The van der Waals surface area contributed by atoms with Crippen molar-refractivity contribution in [3.63, 3.8) is 0 Å². The van der Waals surface area contributed by atoms with E-state index in [4.69, 9.17) is 4.52 Å². The maximum Gasteiger partial charge on any atom is 0.273 e. The summed E-state index contributed by atoms with van der Waals surface area (Å²) in [6.45, 7) is 4.35. The van der Waals surface area contributed by atoms with Gasteiger partial charge in [0.2, 0.25) is 0 Å². The van der Waals surface area contributed by atoms with E-state index in [9.17, 15) is 13.2 Å². The normalized spacial score (nSPS) is 30.4. The Morgan fingerprint density at radius 3 is 2.59 bits per heavy atom. The Labute approximate surface area is 200 Å². The average Bonchev–Trinajstić information content (AvgIpc) is 3.50. The second-order valence-corrected chi connectivity index (χ2v) is 13.3. The highest BCUT2D eigenvalue weighted by Gasteiger charge is 2.71. The maximum atomic E-state index is 13.5. The monoisotopic (exact) mass is 484 g/mol. The molecule has 3 aliphatic heterocycles. The number of aromatic nitrogens is 2. The van der Waals surface area contributed by atoms with Crippen molar-refractivity contribution in [2.24, 2.45) is 5.92 Å². The molecular formula is C25H32N4O4S. The number of amides is 1. The Bertz CT molecular complexity index is 1190. The fraction of sp³-hybridized carbons (Fsp3) is 0.640. The minimum Gasteiger partial charge on any atom is -0.360 e. The predicted molar refractivity (Wildman–Crippen MR) is 125 cm³/mol. The van der Waals surface area contributed by atoms with Gasteiger partial charge in [0.15, 0.2) is 15.5 Å². The van der Waals surface area contributed by atoms with E-state index in [2.05, 4.69) is 34.2 Å². The zero-order chi connectivity index (χ0) is 23.7. The van der Waals surface area contributed by atoms with Crippen LogP contribution < -0.4 is 5.32 Å². The van der Waals surface area contributed by atoms with Gasteiger partial charge in [-0.2, -0.15) is 0 Å². The summed E-state index contributed by atoms with van der Waals surface area (Å²) in [5.41, 5.74) is 1.28. The van der Waals surface area contributed by atoms with Gasteiger partial charge in [-0.3, -0.25) is 14.7 Å². The van der Waals surface area contributed by atoms with Crippen LogP contribution in [0.15, 0.2) is 33.8 Å². The summed E-state index contributed by atoms with van der Waals surface area (Å²) in [5.74, 6) is 1.61. The van der Waals surface area contributed by atoms with Crippen LogP contribution >= 0.6 is 0 Å². The Hall–Kier alpha value is -2.26. The number of hydrogen-bond donors (Lipinski definition) is 1. The quantitative estimate of drug-likeness (QED) is 0.612. The third kappa shape index (κ3) is 3.50. The molecular weight excluding hydrogens is 452 g/mol. The molecule has 2 unspecified atom stereocenters. The lowest BCUT2D eigenvalue weighted by molar-refractivity contribution is -0.176. The molecule has 2 aromatic heterocycles. The molecule has 8 nitrogen and oxygen atoms in total. The molecule has 2 aromatic rings. The van der Waals surface area contributed by atoms with E-state index < -0.39 is 14.7 Å². The minimum absolute atomic E-state index is 0.0303. The third-order valence-corrected chi connectivity index (χ3v) is 10.5. The summed E-state index contributed by atoms with van der Waals surface area (Å²) in [7, 11) is -3.48. The van der Waals surface area contributed by atoms with Crippen LogP contribution in [-0.4, -0.2) is 52.4 Å². The minimum atomic E-state index is -3.48. The van der Waals surface area contributed by atoms with E-state index in [0.717, 1.165) is 50.0 Å². The van der Waals surface area contributed by atoms with Crippen LogP contribution in [0.5, 0.6) is 0 Å². The molecule has 5 heterocycles. The van der Waals surface area contributed by atoms with Crippen LogP contribution in [0.3, 0.4) is 0 Å². The summed E-state index contributed by atoms with van der Waals surface area (Å²) in [4.78, 5) is 18.8. The largest absolute Gasteiger partial charge is 0.360 e. The number of piperidine rings is 2. The molecule has 1 aliphatic carbocycles. The van der Waals surface area contributed by atoms with Crippen LogP contribution in [0.4, 0.5) is 0 Å². The highest BCUT2D eigenvalue weighted by atomic mass is 32.2. The molecule has 1 N–H and O–H groups in total. The van der Waals surface area contributed by atoms with Crippen molar-refractivity contribution in [1.82, 2.24) is 20.4 Å². The Kier molecular flexibility index (Phi) is 5.15. The molecule has 3 saturated heterocycles. The molecule has 9 heteroatoms. The molecule has 4 fully saturated rings. The topological polar surface area (TPSA) is 105 Å². The van der Waals surface area contributed by atoms with Gasteiger partial charge in [0.1, 0.15) is 10.6 Å². The van der Waals surface area contributed by atoms with E-state index >= 15 is 0 Å². The molecule has 0 radical (unpaired) electrons. The smallest absolute Gasteiger partial charge is 0.273 e. The summed E-state index contributed by atoms with van der Waals surface area (Å²) in [5, 5.41) is 7.05. The molecule has 1 saturated carbocycles. The number of carbonyl (C=O) groups excluding carboxylic acids is 1. The van der Waals surface area contributed by atoms with Gasteiger partial charge < -0.3 is 9.84 Å². The SMILES string of the molecule is CC(C)CCc1ccc(S(=O)(=O)C23CC4CC(NC(=O)c5cc(C6CC6)on5)CC(C2)N43)cn1. The second-order valence-electron chi connectivity index (χ2n) is 11.0. The first-order chi connectivity index (χ1) is 16.3. The molecule has 4 aliphatic rings. The summed E-state index contributed by atoms with van der Waals surface area (Å²) < 4.78 is 32.4. The summed E-state index contributed by atoms with van der Waals surface area (Å²) in [6, 6.07) is 5.75. The van der Waals surface area contributed by atoms with E-state index in [1.807, 2.05) is 6.07 Å². The van der Waals surface area contributed by atoms with Gasteiger partial charge in [0.05, 0.1) is 4.90 Å². The number of pyridine rings is 1. The number of nitrogens with one attached hydrogen (secondary N) is 1. The maximum absolute atomic E-state index is 13.5. The van der Waals surface area contributed by atoms with Gasteiger partial charge >= 0.3 is 0 Å². The van der Waals surface area contributed by atoms with Crippen LogP contribution in [0, 0.1) is 5.92 Å².